The van der Waals surface area contributed by atoms with Crippen molar-refractivity contribution >= 4 is 5.65 Å². The van der Waals surface area contributed by atoms with Crippen LogP contribution in [0.2, 0.25) is 0 Å². The van der Waals surface area contributed by atoms with Gasteiger partial charge in [0.1, 0.15) is 0 Å². The summed E-state index contributed by atoms with van der Waals surface area (Å²) in [6.45, 7) is 2.16. The predicted octanol–water partition coefficient (Wildman–Crippen LogP) is 2.79. The molecule has 0 bridgehead atoms. The Kier molecular flexibility index (Phi) is 3.60. The Labute approximate surface area is 130 Å². The molecule has 0 spiro atoms. The third-order valence-corrected chi connectivity index (χ3v) is 4.46. The number of nitrogens with one attached hydrogen (secondary N) is 1. The average molecular weight is 292 g/mol. The summed E-state index contributed by atoms with van der Waals surface area (Å²) in [5.74, 6) is 0.531. The van der Waals surface area contributed by atoms with Crippen LogP contribution in [0, 0.1) is 0 Å². The van der Waals surface area contributed by atoms with Crippen molar-refractivity contribution in [1.82, 2.24) is 19.9 Å². The molecule has 0 aliphatic carbocycles. The van der Waals surface area contributed by atoms with Gasteiger partial charge in [-0.1, -0.05) is 30.3 Å². The molecule has 1 N–H and O–H groups in total. The van der Waals surface area contributed by atoms with E-state index in [0.29, 0.717) is 5.92 Å². The van der Waals surface area contributed by atoms with E-state index in [1.165, 1.54) is 29.7 Å². The highest BCUT2D eigenvalue weighted by molar-refractivity contribution is 5.49. The van der Waals surface area contributed by atoms with Gasteiger partial charge in [0.05, 0.1) is 11.9 Å². The molecule has 1 fully saturated rings. The molecule has 0 radical (unpaired) electrons. The lowest BCUT2D eigenvalue weighted by atomic mass is 9.96. The maximum Gasteiger partial charge on any atom is 0.158 e. The zero-order valence-electron chi connectivity index (χ0n) is 12.6. The molecule has 1 atom stereocenters. The SMILES string of the molecule is c1ccc(Cc2cnn3c(C4CCCNC4)ccnc23)cc1. The summed E-state index contributed by atoms with van der Waals surface area (Å²) >= 11 is 0. The van der Waals surface area contributed by atoms with E-state index in [2.05, 4.69) is 45.7 Å². The second-order valence-electron chi connectivity index (χ2n) is 5.98. The third kappa shape index (κ3) is 2.50. The van der Waals surface area contributed by atoms with Crippen LogP contribution < -0.4 is 5.32 Å². The highest BCUT2D eigenvalue weighted by Crippen LogP contribution is 2.24. The summed E-state index contributed by atoms with van der Waals surface area (Å²) in [5.41, 5.74) is 4.75. The van der Waals surface area contributed by atoms with E-state index in [-0.39, 0.29) is 0 Å². The molecule has 1 aliphatic rings. The standard InChI is InChI=1S/C18H20N4/c1-2-5-14(6-3-1)11-16-13-21-22-17(8-10-20-18(16)22)15-7-4-9-19-12-15/h1-3,5-6,8,10,13,15,19H,4,7,9,11-12H2. The van der Waals surface area contributed by atoms with Gasteiger partial charge in [0.15, 0.2) is 5.65 Å². The Morgan fingerprint density at radius 2 is 2.09 bits per heavy atom. The number of hydrogen-bond acceptors (Lipinski definition) is 3. The van der Waals surface area contributed by atoms with Gasteiger partial charge in [-0.15, -0.1) is 0 Å². The Morgan fingerprint density at radius 1 is 1.18 bits per heavy atom. The zero-order chi connectivity index (χ0) is 14.8. The molecular weight excluding hydrogens is 272 g/mol. The smallest absolute Gasteiger partial charge is 0.158 e. The topological polar surface area (TPSA) is 42.2 Å². The van der Waals surface area contributed by atoms with Crippen LogP contribution in [-0.2, 0) is 6.42 Å². The highest BCUT2D eigenvalue weighted by Gasteiger charge is 2.19. The second kappa shape index (κ2) is 5.89. The van der Waals surface area contributed by atoms with Crippen LogP contribution in [0.15, 0.2) is 48.8 Å². The number of benzene rings is 1. The lowest BCUT2D eigenvalue weighted by Gasteiger charge is -2.23. The second-order valence-corrected chi connectivity index (χ2v) is 5.98. The molecule has 4 nitrogen and oxygen atoms in total. The Hall–Kier alpha value is -2.20. The predicted molar refractivity (Wildman–Crippen MR) is 87.1 cm³/mol. The van der Waals surface area contributed by atoms with E-state index in [9.17, 15) is 0 Å². The number of fused-ring (bicyclic) bond motifs is 1. The molecule has 112 valence electrons. The summed E-state index contributed by atoms with van der Waals surface area (Å²) in [7, 11) is 0. The van der Waals surface area contributed by atoms with Crippen molar-refractivity contribution in [3.05, 3.63) is 65.6 Å². The number of rotatable bonds is 3. The van der Waals surface area contributed by atoms with Crippen LogP contribution in [0.4, 0.5) is 0 Å². The van der Waals surface area contributed by atoms with Crippen LogP contribution >= 0.6 is 0 Å². The fourth-order valence-electron chi connectivity index (χ4n) is 3.31. The molecule has 3 heterocycles. The van der Waals surface area contributed by atoms with E-state index in [4.69, 9.17) is 0 Å². The molecule has 22 heavy (non-hydrogen) atoms. The van der Waals surface area contributed by atoms with Gasteiger partial charge in [0, 0.05) is 30.6 Å². The minimum absolute atomic E-state index is 0.531. The van der Waals surface area contributed by atoms with Gasteiger partial charge in [-0.05, 0) is 31.0 Å². The summed E-state index contributed by atoms with van der Waals surface area (Å²) in [6, 6.07) is 12.6. The fraction of sp³-hybridized carbons (Fsp3) is 0.333. The fourth-order valence-corrected chi connectivity index (χ4v) is 3.31. The van der Waals surface area contributed by atoms with Gasteiger partial charge in [-0.2, -0.15) is 5.10 Å². The van der Waals surface area contributed by atoms with Crippen molar-refractivity contribution in [3.8, 4) is 0 Å². The zero-order valence-corrected chi connectivity index (χ0v) is 12.6. The van der Waals surface area contributed by atoms with Gasteiger partial charge in [0.25, 0.3) is 0 Å². The third-order valence-electron chi connectivity index (χ3n) is 4.46. The Bertz CT molecular complexity index is 757. The molecular formula is C18H20N4. The van der Waals surface area contributed by atoms with Gasteiger partial charge in [0.2, 0.25) is 0 Å². The van der Waals surface area contributed by atoms with Crippen molar-refractivity contribution < 1.29 is 0 Å². The Morgan fingerprint density at radius 3 is 2.91 bits per heavy atom. The van der Waals surface area contributed by atoms with Gasteiger partial charge in [-0.25, -0.2) is 9.50 Å². The molecule has 1 saturated heterocycles. The number of hydrogen-bond donors (Lipinski definition) is 1. The largest absolute Gasteiger partial charge is 0.316 e. The van der Waals surface area contributed by atoms with Crippen molar-refractivity contribution in [2.24, 2.45) is 0 Å². The molecule has 2 aromatic heterocycles. The minimum Gasteiger partial charge on any atom is -0.316 e. The molecule has 0 amide bonds. The maximum absolute atomic E-state index is 4.62. The molecule has 1 unspecified atom stereocenters. The first-order chi connectivity index (χ1) is 10.9. The van der Waals surface area contributed by atoms with Gasteiger partial charge < -0.3 is 5.32 Å². The van der Waals surface area contributed by atoms with Crippen LogP contribution in [0.3, 0.4) is 0 Å². The normalized spacial score (nSPS) is 18.6. The van der Waals surface area contributed by atoms with E-state index < -0.39 is 0 Å². The van der Waals surface area contributed by atoms with Crippen molar-refractivity contribution in [2.45, 2.75) is 25.2 Å². The average Bonchev–Trinajstić information content (AvgIpc) is 3.00. The lowest BCUT2D eigenvalue weighted by molar-refractivity contribution is 0.448. The van der Waals surface area contributed by atoms with E-state index in [1.54, 1.807) is 0 Å². The van der Waals surface area contributed by atoms with Gasteiger partial charge in [-0.3, -0.25) is 0 Å². The summed E-state index contributed by atoms with van der Waals surface area (Å²) < 4.78 is 2.04. The van der Waals surface area contributed by atoms with E-state index >= 15 is 0 Å². The maximum atomic E-state index is 4.62. The quantitative estimate of drug-likeness (QED) is 0.807. The van der Waals surface area contributed by atoms with Crippen LogP contribution in [0.25, 0.3) is 5.65 Å². The number of aromatic nitrogens is 3. The number of nitrogens with zero attached hydrogens (tertiary/aromatic N) is 3. The van der Waals surface area contributed by atoms with Crippen molar-refractivity contribution in [3.63, 3.8) is 0 Å². The lowest BCUT2D eigenvalue weighted by Crippen LogP contribution is -2.29. The highest BCUT2D eigenvalue weighted by atomic mass is 15.3. The summed E-state index contributed by atoms with van der Waals surface area (Å²) in [5, 5.41) is 8.10. The molecule has 1 aliphatic heterocycles. The van der Waals surface area contributed by atoms with Crippen LogP contribution in [0.1, 0.15) is 35.6 Å². The van der Waals surface area contributed by atoms with Gasteiger partial charge >= 0.3 is 0 Å². The molecule has 0 saturated carbocycles. The molecule has 3 aromatic rings. The first kappa shape index (κ1) is 13.5. The van der Waals surface area contributed by atoms with Crippen molar-refractivity contribution in [1.29, 1.82) is 0 Å². The van der Waals surface area contributed by atoms with Crippen LogP contribution in [0.5, 0.6) is 0 Å². The summed E-state index contributed by atoms with van der Waals surface area (Å²) in [6.07, 6.45) is 7.22. The van der Waals surface area contributed by atoms with Crippen LogP contribution in [-0.4, -0.2) is 27.7 Å². The molecule has 4 heteroatoms. The van der Waals surface area contributed by atoms with E-state index in [1.807, 2.05) is 23.0 Å². The Balaban J connectivity index is 1.70. The minimum atomic E-state index is 0.531. The molecule has 4 rings (SSSR count). The first-order valence-corrected chi connectivity index (χ1v) is 7.98. The monoisotopic (exact) mass is 292 g/mol. The van der Waals surface area contributed by atoms with Crippen molar-refractivity contribution in [2.75, 3.05) is 13.1 Å². The van der Waals surface area contributed by atoms with E-state index in [0.717, 1.165) is 25.2 Å². The first-order valence-electron chi connectivity index (χ1n) is 7.98. The number of piperidine rings is 1. The molecule has 1 aromatic carbocycles. The summed E-state index contributed by atoms with van der Waals surface area (Å²) in [4.78, 5) is 4.57.